The Morgan fingerprint density at radius 3 is 2.62 bits per heavy atom. The van der Waals surface area contributed by atoms with Gasteiger partial charge in [0.1, 0.15) is 11.8 Å². The molecule has 11 nitrogen and oxygen atoms in total. The van der Waals surface area contributed by atoms with Crippen molar-refractivity contribution in [2.75, 3.05) is 11.5 Å². The quantitative estimate of drug-likeness (QED) is 0.306. The first kappa shape index (κ1) is 23.3. The van der Waals surface area contributed by atoms with E-state index < -0.39 is 28.3 Å². The van der Waals surface area contributed by atoms with Crippen LogP contribution < -0.4 is 11.4 Å². The molecular formula is C19H19ClN6O5S. The third kappa shape index (κ3) is 5.65. The lowest BCUT2D eigenvalue weighted by Crippen LogP contribution is -2.18. The molecule has 0 aliphatic heterocycles. The number of aromatic nitrogens is 4. The van der Waals surface area contributed by atoms with Crippen LogP contribution in [0.4, 0.5) is 5.82 Å². The fourth-order valence-electron chi connectivity index (χ4n) is 2.78. The number of hydrogen-bond donors (Lipinski definition) is 3. The first-order chi connectivity index (χ1) is 15.3. The van der Waals surface area contributed by atoms with Crippen LogP contribution in [0.1, 0.15) is 24.8 Å². The molecule has 2 aromatic heterocycles. The summed E-state index contributed by atoms with van der Waals surface area (Å²) in [5.74, 6) is -1.62. The molecule has 3 aromatic rings. The van der Waals surface area contributed by atoms with E-state index in [2.05, 4.69) is 19.3 Å². The molecule has 0 aliphatic carbocycles. The number of H-pyrrole nitrogens is 1. The molecule has 2 heterocycles. The molecule has 0 saturated carbocycles. The molecule has 0 spiro atoms. The maximum absolute atomic E-state index is 12.5. The van der Waals surface area contributed by atoms with Crippen molar-refractivity contribution < 1.29 is 19.5 Å². The normalized spacial score (nSPS) is 12.2. The number of nitrogen functional groups attached to an aromatic ring is 1. The second-order valence-corrected chi connectivity index (χ2v) is 8.76. The van der Waals surface area contributed by atoms with Crippen molar-refractivity contribution in [3.8, 4) is 0 Å². The van der Waals surface area contributed by atoms with E-state index in [1.165, 1.54) is 4.57 Å². The van der Waals surface area contributed by atoms with Crippen LogP contribution in [0.5, 0.6) is 0 Å². The smallest absolute Gasteiger partial charge is 0.328 e. The van der Waals surface area contributed by atoms with Gasteiger partial charge in [-0.3, -0.25) is 14.2 Å². The van der Waals surface area contributed by atoms with Gasteiger partial charge in [-0.2, -0.15) is 4.36 Å². The van der Waals surface area contributed by atoms with Crippen LogP contribution in [0.2, 0.25) is 5.02 Å². The van der Waals surface area contributed by atoms with Crippen molar-refractivity contribution in [1.82, 2.24) is 19.5 Å². The highest BCUT2D eigenvalue weighted by atomic mass is 35.5. The number of nitrogens with one attached hydrogen (secondary N) is 1. The number of benzene rings is 1. The molecule has 1 amide bonds. The van der Waals surface area contributed by atoms with Gasteiger partial charge in [-0.05, 0) is 28.4 Å². The summed E-state index contributed by atoms with van der Waals surface area (Å²) >= 11 is 5.91. The number of aromatic amines is 1. The summed E-state index contributed by atoms with van der Waals surface area (Å²) in [6, 6.07) is 6.93. The number of carbonyl (C=O) groups is 3. The van der Waals surface area contributed by atoms with Gasteiger partial charge in [0.2, 0.25) is 5.16 Å². The minimum atomic E-state index is -1.25. The Labute approximate surface area is 188 Å². The average Bonchev–Trinajstić information content (AvgIpc) is 3.07. The summed E-state index contributed by atoms with van der Waals surface area (Å²) in [5.41, 5.74) is 6.84. The number of carboxylic acids is 1. The maximum Gasteiger partial charge on any atom is 0.328 e. The number of aldehydes is 1. The number of fused-ring (bicyclic) bond motifs is 1. The minimum Gasteiger partial charge on any atom is -0.481 e. The summed E-state index contributed by atoms with van der Waals surface area (Å²) in [7, 11) is -1.25. The fraction of sp³-hybridized carbons (Fsp3) is 0.263. The predicted octanol–water partition coefficient (Wildman–Crippen LogP) is 1.54. The number of carbonyl (C=O) groups excluding carboxylic acids is 2. The van der Waals surface area contributed by atoms with Crippen molar-refractivity contribution in [2.45, 2.75) is 31.0 Å². The number of aliphatic carboxylic acids is 1. The Morgan fingerprint density at radius 2 is 1.97 bits per heavy atom. The summed E-state index contributed by atoms with van der Waals surface area (Å²) in [6.07, 6.45) is 0.105. The number of halogens is 1. The van der Waals surface area contributed by atoms with Gasteiger partial charge in [-0.25, -0.2) is 14.8 Å². The molecule has 13 heteroatoms. The molecule has 32 heavy (non-hydrogen) atoms. The zero-order valence-corrected chi connectivity index (χ0v) is 18.2. The molecule has 0 radical (unpaired) electrons. The zero-order chi connectivity index (χ0) is 23.3. The molecule has 4 N–H and O–H groups in total. The lowest BCUT2D eigenvalue weighted by Gasteiger charge is -2.08. The SMILES string of the molecule is Nc1nc(S(CCC=O)=NC(=O)CCC(=O)O)nc2c1[nH]c(=O)n2Cc1ccc(Cl)cc1. The number of hydrogen-bond acceptors (Lipinski definition) is 7. The average molecular weight is 479 g/mol. The fourth-order valence-corrected chi connectivity index (χ4v) is 4.31. The van der Waals surface area contributed by atoms with Gasteiger partial charge in [0.15, 0.2) is 11.5 Å². The molecule has 3 rings (SSSR count). The number of nitrogens with two attached hydrogens (primary N) is 1. The van der Waals surface area contributed by atoms with Crippen LogP contribution >= 0.6 is 11.6 Å². The molecule has 1 unspecified atom stereocenters. The van der Waals surface area contributed by atoms with E-state index in [9.17, 15) is 19.2 Å². The molecule has 168 valence electrons. The Morgan fingerprint density at radius 1 is 1.25 bits per heavy atom. The first-order valence-electron chi connectivity index (χ1n) is 9.40. The summed E-state index contributed by atoms with van der Waals surface area (Å²) < 4.78 is 5.38. The van der Waals surface area contributed by atoms with Crippen molar-refractivity contribution in [2.24, 2.45) is 4.36 Å². The van der Waals surface area contributed by atoms with Gasteiger partial charge >= 0.3 is 11.7 Å². The van der Waals surface area contributed by atoms with Gasteiger partial charge in [-0.15, -0.1) is 0 Å². The molecule has 0 saturated heterocycles. The van der Waals surface area contributed by atoms with E-state index >= 15 is 0 Å². The zero-order valence-electron chi connectivity index (χ0n) is 16.7. The maximum atomic E-state index is 12.5. The minimum absolute atomic E-state index is 0.00579. The predicted molar refractivity (Wildman–Crippen MR) is 119 cm³/mol. The lowest BCUT2D eigenvalue weighted by molar-refractivity contribution is -0.138. The van der Waals surface area contributed by atoms with E-state index in [-0.39, 0.29) is 53.7 Å². The Hall–Kier alpha value is -3.38. The van der Waals surface area contributed by atoms with Crippen LogP contribution in [-0.4, -0.2) is 48.5 Å². The van der Waals surface area contributed by atoms with Crippen LogP contribution in [-0.2, 0) is 31.6 Å². The van der Waals surface area contributed by atoms with Crippen LogP contribution in [0.15, 0.2) is 38.6 Å². The monoisotopic (exact) mass is 478 g/mol. The van der Waals surface area contributed by atoms with Gasteiger partial charge in [0.25, 0.3) is 5.91 Å². The highest BCUT2D eigenvalue weighted by Crippen LogP contribution is 2.19. The van der Waals surface area contributed by atoms with E-state index in [1.807, 2.05) is 0 Å². The van der Waals surface area contributed by atoms with E-state index in [0.717, 1.165) is 5.56 Å². The van der Waals surface area contributed by atoms with Gasteiger partial charge in [0, 0.05) is 23.6 Å². The van der Waals surface area contributed by atoms with E-state index in [1.54, 1.807) is 24.3 Å². The third-order valence-corrected chi connectivity index (χ3v) is 6.19. The topological polar surface area (TPSA) is 173 Å². The van der Waals surface area contributed by atoms with Gasteiger partial charge in [-0.1, -0.05) is 23.7 Å². The summed E-state index contributed by atoms with van der Waals surface area (Å²) in [6.45, 7) is 0.183. The number of amides is 1. The lowest BCUT2D eigenvalue weighted by atomic mass is 10.2. The summed E-state index contributed by atoms with van der Waals surface area (Å²) in [4.78, 5) is 57.4. The third-order valence-electron chi connectivity index (χ3n) is 4.29. The number of rotatable bonds is 9. The van der Waals surface area contributed by atoms with Crippen LogP contribution in [0.25, 0.3) is 11.2 Å². The molecule has 0 bridgehead atoms. The first-order valence-corrected chi connectivity index (χ1v) is 11.1. The van der Waals surface area contributed by atoms with Crippen molar-refractivity contribution in [3.63, 3.8) is 0 Å². The molecule has 1 atom stereocenters. The van der Waals surface area contributed by atoms with Crippen LogP contribution in [0, 0.1) is 0 Å². The standard InChI is InChI=1S/C19H19ClN6O5S/c20-12-4-2-11(3-5-12)10-26-17-15(22-19(26)31)16(21)23-18(24-17)32(9-1-8-27)25-13(28)6-7-14(29)30/h2-5,8H,1,6-7,9-10H2,(H,22,31)(H,29,30)(H2,21,23,24). The van der Waals surface area contributed by atoms with Gasteiger partial charge < -0.3 is 20.6 Å². The number of nitrogens with zero attached hydrogens (tertiary/aromatic N) is 4. The molecule has 0 fully saturated rings. The second-order valence-electron chi connectivity index (χ2n) is 6.64. The number of imidazole rings is 1. The Kier molecular flexibility index (Phi) is 7.49. The Bertz CT molecular complexity index is 1270. The second kappa shape index (κ2) is 10.3. The van der Waals surface area contributed by atoms with Gasteiger partial charge in [0.05, 0.1) is 13.0 Å². The van der Waals surface area contributed by atoms with E-state index in [4.69, 9.17) is 22.4 Å². The van der Waals surface area contributed by atoms with Crippen molar-refractivity contribution >= 4 is 57.4 Å². The highest BCUT2D eigenvalue weighted by molar-refractivity contribution is 7.87. The number of anilines is 1. The van der Waals surface area contributed by atoms with Crippen molar-refractivity contribution in [1.29, 1.82) is 0 Å². The number of carboxylic acid groups (broad SMARTS) is 1. The highest BCUT2D eigenvalue weighted by Gasteiger charge is 2.17. The van der Waals surface area contributed by atoms with Crippen molar-refractivity contribution in [3.05, 3.63) is 45.3 Å². The van der Waals surface area contributed by atoms with E-state index in [0.29, 0.717) is 11.3 Å². The largest absolute Gasteiger partial charge is 0.481 e. The molecular weight excluding hydrogens is 460 g/mol. The molecule has 1 aromatic carbocycles. The molecule has 0 aliphatic rings. The summed E-state index contributed by atoms with van der Waals surface area (Å²) in [5, 5.41) is 9.40. The Balaban J connectivity index is 2.05. The van der Waals surface area contributed by atoms with Crippen LogP contribution in [0.3, 0.4) is 0 Å².